The van der Waals surface area contributed by atoms with Crippen molar-refractivity contribution in [3.05, 3.63) is 30.1 Å². The smallest absolute Gasteiger partial charge is 0.347 e. The first-order chi connectivity index (χ1) is 8.51. The van der Waals surface area contributed by atoms with Gasteiger partial charge in [-0.1, -0.05) is 12.2 Å². The van der Waals surface area contributed by atoms with Crippen LogP contribution in [-0.4, -0.2) is 30.0 Å². The fraction of sp³-hybridized carbons (Fsp3) is 0.125. The summed E-state index contributed by atoms with van der Waals surface area (Å²) in [5.74, 6) is -0.544. The number of anilines is 1. The van der Waals surface area contributed by atoms with Crippen molar-refractivity contribution in [2.24, 2.45) is 0 Å². The van der Waals surface area contributed by atoms with Gasteiger partial charge in [0.2, 0.25) is 5.40 Å². The van der Waals surface area contributed by atoms with E-state index in [4.69, 9.17) is 19.6 Å². The SMILES string of the molecule is O=P(O)(O)C(C(=S)Nc1ccc(F)cc1)P(=O)(O)O. The predicted octanol–water partition coefficient (Wildman–Crippen LogP) is 1.25. The van der Waals surface area contributed by atoms with Gasteiger partial charge in [0.05, 0.1) is 0 Å². The third-order valence-corrected chi connectivity index (χ3v) is 6.27. The average Bonchev–Trinajstić information content (AvgIpc) is 2.16. The van der Waals surface area contributed by atoms with E-state index < -0.39 is 31.4 Å². The molecule has 1 aromatic carbocycles. The number of halogens is 1. The molecule has 5 N–H and O–H groups in total. The van der Waals surface area contributed by atoms with Gasteiger partial charge in [-0.05, 0) is 24.3 Å². The van der Waals surface area contributed by atoms with Crippen molar-refractivity contribution in [1.82, 2.24) is 0 Å². The molecule has 0 fully saturated rings. The largest absolute Gasteiger partial charge is 0.349 e. The lowest BCUT2D eigenvalue weighted by molar-refractivity contribution is 0.350. The standard InChI is InChI=1S/C8H10FNO6P2S/c9-5-1-3-6(4-2-5)10-7(19)8(17(11,12)13)18(14,15)16/h1-4,8H,(H,10,19)(H2,11,12,13)(H2,14,15,16). The van der Waals surface area contributed by atoms with Gasteiger partial charge in [-0.2, -0.15) is 0 Å². The minimum absolute atomic E-state index is 0.151. The van der Waals surface area contributed by atoms with Crippen LogP contribution in [0.25, 0.3) is 0 Å². The third-order valence-electron chi connectivity index (χ3n) is 1.98. The van der Waals surface area contributed by atoms with Crippen LogP contribution in [0.3, 0.4) is 0 Å². The molecule has 0 aliphatic heterocycles. The van der Waals surface area contributed by atoms with Gasteiger partial charge < -0.3 is 24.9 Å². The highest BCUT2D eigenvalue weighted by atomic mass is 32.1. The van der Waals surface area contributed by atoms with Gasteiger partial charge in [0.15, 0.2) is 0 Å². The lowest BCUT2D eigenvalue weighted by Gasteiger charge is -2.21. The Morgan fingerprint density at radius 3 is 1.89 bits per heavy atom. The Kier molecular flexibility index (Phi) is 4.97. The Morgan fingerprint density at radius 1 is 1.11 bits per heavy atom. The summed E-state index contributed by atoms with van der Waals surface area (Å²) in [6.45, 7) is 0. The van der Waals surface area contributed by atoms with E-state index in [0.29, 0.717) is 0 Å². The van der Waals surface area contributed by atoms with E-state index in [2.05, 4.69) is 17.5 Å². The number of benzene rings is 1. The lowest BCUT2D eigenvalue weighted by Crippen LogP contribution is -2.26. The molecule has 0 amide bonds. The summed E-state index contributed by atoms with van der Waals surface area (Å²) in [5, 5.41) is -0.168. The molecule has 0 heterocycles. The van der Waals surface area contributed by atoms with Gasteiger partial charge in [-0.15, -0.1) is 0 Å². The minimum Gasteiger partial charge on any atom is -0.349 e. The topological polar surface area (TPSA) is 127 Å². The molecule has 0 saturated heterocycles. The van der Waals surface area contributed by atoms with Gasteiger partial charge >= 0.3 is 15.2 Å². The van der Waals surface area contributed by atoms with Gasteiger partial charge in [0.1, 0.15) is 10.8 Å². The molecule has 0 aliphatic carbocycles. The van der Waals surface area contributed by atoms with Crippen molar-refractivity contribution in [2.75, 3.05) is 5.32 Å². The van der Waals surface area contributed by atoms with Crippen molar-refractivity contribution in [3.8, 4) is 0 Å². The van der Waals surface area contributed by atoms with Crippen molar-refractivity contribution in [2.45, 2.75) is 5.40 Å². The summed E-state index contributed by atoms with van der Waals surface area (Å²) in [5.41, 5.74) is 0.151. The average molecular weight is 329 g/mol. The van der Waals surface area contributed by atoms with E-state index in [1.807, 2.05) is 0 Å². The van der Waals surface area contributed by atoms with Crippen molar-refractivity contribution in [3.63, 3.8) is 0 Å². The Hall–Kier alpha value is -0.660. The number of hydrogen-bond acceptors (Lipinski definition) is 3. The number of rotatable bonds is 4. The quantitative estimate of drug-likeness (QED) is 0.412. The molecule has 0 bridgehead atoms. The molecule has 0 aromatic heterocycles. The molecule has 0 atom stereocenters. The van der Waals surface area contributed by atoms with E-state index >= 15 is 0 Å². The van der Waals surface area contributed by atoms with Crippen LogP contribution in [0.2, 0.25) is 0 Å². The predicted molar refractivity (Wildman–Crippen MR) is 70.5 cm³/mol. The molecule has 0 radical (unpaired) electrons. The van der Waals surface area contributed by atoms with Crippen LogP contribution in [0.5, 0.6) is 0 Å². The van der Waals surface area contributed by atoms with Crippen LogP contribution < -0.4 is 5.32 Å². The molecule has 1 aromatic rings. The zero-order chi connectivity index (χ0) is 14.8. The number of nitrogens with one attached hydrogen (secondary N) is 1. The molecule has 0 aliphatic rings. The highest BCUT2D eigenvalue weighted by molar-refractivity contribution is 7.85. The fourth-order valence-corrected chi connectivity index (χ4v) is 4.49. The Labute approximate surface area is 112 Å². The molecule has 0 unspecified atom stereocenters. The second kappa shape index (κ2) is 5.76. The van der Waals surface area contributed by atoms with Gasteiger partial charge in [-0.3, -0.25) is 9.13 Å². The zero-order valence-electron chi connectivity index (χ0n) is 9.17. The van der Waals surface area contributed by atoms with E-state index in [9.17, 15) is 13.5 Å². The third kappa shape index (κ3) is 4.74. The van der Waals surface area contributed by atoms with Gasteiger partial charge in [0.25, 0.3) is 0 Å². The second-order valence-corrected chi connectivity index (χ2v) is 7.78. The van der Waals surface area contributed by atoms with Crippen LogP contribution in [0.4, 0.5) is 10.1 Å². The number of hydrogen-bond donors (Lipinski definition) is 5. The maximum absolute atomic E-state index is 12.7. The van der Waals surface area contributed by atoms with Crippen molar-refractivity contribution >= 4 is 38.1 Å². The summed E-state index contributed by atoms with van der Waals surface area (Å²) < 4.78 is 34.8. The number of thiocarbonyl (C=S) groups is 1. The van der Waals surface area contributed by atoms with E-state index in [0.717, 1.165) is 12.1 Å². The highest BCUT2D eigenvalue weighted by Crippen LogP contribution is 2.60. The van der Waals surface area contributed by atoms with E-state index in [1.165, 1.54) is 12.1 Å². The monoisotopic (exact) mass is 329 g/mol. The zero-order valence-corrected chi connectivity index (χ0v) is 11.8. The van der Waals surface area contributed by atoms with Crippen LogP contribution in [0, 0.1) is 5.82 Å². The molecular formula is C8H10FNO6P2S. The van der Waals surface area contributed by atoms with Crippen LogP contribution in [0.1, 0.15) is 0 Å². The first-order valence-corrected chi connectivity index (χ1v) is 8.46. The molecule has 11 heteroatoms. The maximum atomic E-state index is 12.7. The fourth-order valence-electron chi connectivity index (χ4n) is 1.24. The van der Waals surface area contributed by atoms with Crippen LogP contribution in [0.15, 0.2) is 24.3 Å². The lowest BCUT2D eigenvalue weighted by atomic mass is 10.3. The normalized spacial score (nSPS) is 12.5. The van der Waals surface area contributed by atoms with Crippen molar-refractivity contribution < 1.29 is 33.1 Å². The first-order valence-electron chi connectivity index (χ1n) is 4.68. The van der Waals surface area contributed by atoms with E-state index in [1.54, 1.807) is 0 Å². The van der Waals surface area contributed by atoms with E-state index in [-0.39, 0.29) is 5.69 Å². The highest BCUT2D eigenvalue weighted by Gasteiger charge is 2.46. The summed E-state index contributed by atoms with van der Waals surface area (Å²) in [4.78, 5) is 35.0. The molecule has 0 saturated carbocycles. The van der Waals surface area contributed by atoms with Crippen LogP contribution in [-0.2, 0) is 9.13 Å². The minimum atomic E-state index is -5.14. The second-order valence-electron chi connectivity index (χ2n) is 3.55. The summed E-state index contributed by atoms with van der Waals surface area (Å²) in [7, 11) is -10.3. The van der Waals surface area contributed by atoms with Crippen molar-refractivity contribution in [1.29, 1.82) is 0 Å². The van der Waals surface area contributed by atoms with Gasteiger partial charge in [-0.25, -0.2) is 4.39 Å². The van der Waals surface area contributed by atoms with Gasteiger partial charge in [0, 0.05) is 5.69 Å². The molecule has 7 nitrogen and oxygen atoms in total. The molecular weight excluding hydrogens is 319 g/mol. The summed E-state index contributed by atoms with van der Waals surface area (Å²) in [6, 6.07) is 4.51. The Bertz CT molecular complexity index is 545. The molecule has 19 heavy (non-hydrogen) atoms. The summed E-state index contributed by atoms with van der Waals surface area (Å²) in [6.07, 6.45) is 0. The molecule has 1 rings (SSSR count). The summed E-state index contributed by atoms with van der Waals surface area (Å²) >= 11 is 4.60. The Morgan fingerprint density at radius 2 is 1.53 bits per heavy atom. The van der Waals surface area contributed by atoms with Crippen LogP contribution >= 0.6 is 27.4 Å². The Balaban J connectivity index is 3.00. The maximum Gasteiger partial charge on any atom is 0.347 e. The first kappa shape index (κ1) is 16.4. The molecule has 0 spiro atoms. The molecule has 106 valence electrons.